The maximum atomic E-state index is 10.0. The number of nitrogens with one attached hydrogen (secondary N) is 1. The molecular weight excluding hydrogens is 142 g/mol. The van der Waals surface area contributed by atoms with E-state index in [2.05, 4.69) is 15.0 Å². The van der Waals surface area contributed by atoms with Gasteiger partial charge in [-0.3, -0.25) is 0 Å². The molecule has 11 heavy (non-hydrogen) atoms. The smallest absolute Gasteiger partial charge is 0.235 e. The second kappa shape index (κ2) is 2.04. The van der Waals surface area contributed by atoms with Crippen LogP contribution in [0.1, 0.15) is 18.5 Å². The van der Waals surface area contributed by atoms with Gasteiger partial charge in [0, 0.05) is 0 Å². The summed E-state index contributed by atoms with van der Waals surface area (Å²) in [6, 6.07) is 0. The van der Waals surface area contributed by atoms with Gasteiger partial charge in [0.25, 0.3) is 0 Å². The van der Waals surface area contributed by atoms with Crippen LogP contribution < -0.4 is 0 Å². The van der Waals surface area contributed by atoms with Crippen molar-refractivity contribution in [1.82, 2.24) is 9.97 Å². The molecular formula is C7H7N3O. The predicted octanol–water partition coefficient (Wildman–Crippen LogP) is 0.735. The zero-order valence-electron chi connectivity index (χ0n) is 5.87. The van der Waals surface area contributed by atoms with E-state index in [1.807, 2.05) is 0 Å². The maximum absolute atomic E-state index is 10.0. The predicted molar refractivity (Wildman–Crippen MR) is 37.6 cm³/mol. The summed E-state index contributed by atoms with van der Waals surface area (Å²) in [6.07, 6.45) is 6.72. The second-order valence-electron chi connectivity index (χ2n) is 2.70. The lowest BCUT2D eigenvalue weighted by molar-refractivity contribution is 0.555. The van der Waals surface area contributed by atoms with Crippen LogP contribution >= 0.6 is 0 Å². The fourth-order valence-corrected chi connectivity index (χ4v) is 1.16. The van der Waals surface area contributed by atoms with Gasteiger partial charge in [-0.25, -0.2) is 9.78 Å². The number of rotatable bonds is 2. The highest BCUT2D eigenvalue weighted by Gasteiger charge is 2.46. The number of aliphatic imine (C=N–C) groups is 1. The van der Waals surface area contributed by atoms with Crippen molar-refractivity contribution in [2.75, 3.05) is 0 Å². The molecule has 0 aliphatic heterocycles. The first-order chi connectivity index (χ1) is 5.37. The fraction of sp³-hybridized carbons (Fsp3) is 0.429. The van der Waals surface area contributed by atoms with Gasteiger partial charge < -0.3 is 4.98 Å². The zero-order chi connectivity index (χ0) is 7.73. The average Bonchev–Trinajstić information content (AvgIpc) is 2.63. The number of isocyanates is 1. The monoisotopic (exact) mass is 149 g/mol. The summed E-state index contributed by atoms with van der Waals surface area (Å²) in [4.78, 5) is 20.6. The third kappa shape index (κ3) is 0.880. The van der Waals surface area contributed by atoms with Crippen molar-refractivity contribution in [2.45, 2.75) is 18.4 Å². The number of hydrogen-bond donors (Lipinski definition) is 1. The molecule has 0 radical (unpaired) electrons. The lowest BCUT2D eigenvalue weighted by Gasteiger charge is -2.01. The Kier molecular flexibility index (Phi) is 1.17. The molecule has 1 aromatic rings. The highest BCUT2D eigenvalue weighted by Crippen LogP contribution is 2.47. The topological polar surface area (TPSA) is 58.1 Å². The van der Waals surface area contributed by atoms with E-state index in [4.69, 9.17) is 0 Å². The van der Waals surface area contributed by atoms with Crippen LogP contribution in [0, 0.1) is 0 Å². The first-order valence-electron chi connectivity index (χ1n) is 3.45. The molecule has 1 saturated carbocycles. The largest absolute Gasteiger partial charge is 0.346 e. The quantitative estimate of drug-likeness (QED) is 0.498. The van der Waals surface area contributed by atoms with E-state index < -0.39 is 0 Å². The van der Waals surface area contributed by atoms with Crippen LogP contribution in [0.3, 0.4) is 0 Å². The molecule has 1 fully saturated rings. The van der Waals surface area contributed by atoms with E-state index >= 15 is 0 Å². The molecule has 1 N–H and O–H groups in total. The Hall–Kier alpha value is -1.41. The molecule has 1 aromatic heterocycles. The third-order valence-electron chi connectivity index (χ3n) is 1.98. The van der Waals surface area contributed by atoms with Crippen LogP contribution in [0.5, 0.6) is 0 Å². The maximum Gasteiger partial charge on any atom is 0.235 e. The van der Waals surface area contributed by atoms with Gasteiger partial charge >= 0.3 is 0 Å². The summed E-state index contributed by atoms with van der Waals surface area (Å²) >= 11 is 0. The number of H-pyrrole nitrogens is 1. The van der Waals surface area contributed by atoms with Gasteiger partial charge in [0.05, 0.1) is 18.2 Å². The third-order valence-corrected chi connectivity index (χ3v) is 1.98. The average molecular weight is 149 g/mol. The molecule has 0 bridgehead atoms. The Labute approximate surface area is 63.4 Å². The highest BCUT2D eigenvalue weighted by molar-refractivity contribution is 5.38. The standard InChI is InChI=1S/C7H7N3O/c11-5-10-7(1-2-7)6-3-8-4-9-6/h3-4H,1-2H2,(H,8,9). The molecule has 1 aliphatic carbocycles. The zero-order valence-corrected chi connectivity index (χ0v) is 5.87. The molecule has 0 unspecified atom stereocenters. The lowest BCUT2D eigenvalue weighted by Crippen LogP contribution is -2.01. The Morgan fingerprint density at radius 3 is 3.00 bits per heavy atom. The van der Waals surface area contributed by atoms with Gasteiger partial charge in [0.2, 0.25) is 6.08 Å². The van der Waals surface area contributed by atoms with Gasteiger partial charge in [-0.05, 0) is 12.8 Å². The van der Waals surface area contributed by atoms with E-state index in [-0.39, 0.29) is 5.54 Å². The molecule has 0 spiro atoms. The highest BCUT2D eigenvalue weighted by atomic mass is 16.1. The molecule has 1 heterocycles. The van der Waals surface area contributed by atoms with Crippen molar-refractivity contribution in [2.24, 2.45) is 4.99 Å². The molecule has 0 aromatic carbocycles. The lowest BCUT2D eigenvalue weighted by atomic mass is 10.2. The molecule has 4 nitrogen and oxygen atoms in total. The number of imidazole rings is 1. The van der Waals surface area contributed by atoms with E-state index in [0.29, 0.717) is 0 Å². The van der Waals surface area contributed by atoms with Crippen LogP contribution in [0.25, 0.3) is 0 Å². The van der Waals surface area contributed by atoms with E-state index in [1.165, 1.54) is 0 Å². The summed E-state index contributed by atoms with van der Waals surface area (Å²) < 4.78 is 0. The molecule has 1 aliphatic rings. The van der Waals surface area contributed by atoms with Gasteiger partial charge in [0.1, 0.15) is 5.54 Å². The van der Waals surface area contributed by atoms with Crippen molar-refractivity contribution in [3.05, 3.63) is 18.2 Å². The van der Waals surface area contributed by atoms with Gasteiger partial charge in [-0.2, -0.15) is 4.99 Å². The number of hydrogen-bond acceptors (Lipinski definition) is 3. The van der Waals surface area contributed by atoms with Gasteiger partial charge in [-0.1, -0.05) is 0 Å². The summed E-state index contributed by atoms with van der Waals surface area (Å²) in [5, 5.41) is 0. The van der Waals surface area contributed by atoms with Crippen LogP contribution in [0.2, 0.25) is 0 Å². The fourth-order valence-electron chi connectivity index (χ4n) is 1.16. The van der Waals surface area contributed by atoms with Crippen molar-refractivity contribution in [1.29, 1.82) is 0 Å². The molecule has 2 rings (SSSR count). The molecule has 0 atom stereocenters. The Morgan fingerprint density at radius 1 is 1.73 bits per heavy atom. The molecule has 56 valence electrons. The molecule has 0 amide bonds. The van der Waals surface area contributed by atoms with Crippen LogP contribution in [0.4, 0.5) is 0 Å². The van der Waals surface area contributed by atoms with E-state index in [1.54, 1.807) is 18.6 Å². The van der Waals surface area contributed by atoms with E-state index in [0.717, 1.165) is 18.5 Å². The van der Waals surface area contributed by atoms with Gasteiger partial charge in [-0.15, -0.1) is 0 Å². The summed E-state index contributed by atoms with van der Waals surface area (Å²) in [7, 11) is 0. The van der Waals surface area contributed by atoms with Crippen molar-refractivity contribution < 1.29 is 4.79 Å². The number of carbonyl (C=O) groups excluding carboxylic acids is 1. The van der Waals surface area contributed by atoms with Crippen LogP contribution in [0.15, 0.2) is 17.5 Å². The SMILES string of the molecule is O=C=NC1(c2cnc[nH]2)CC1. The summed E-state index contributed by atoms with van der Waals surface area (Å²) in [5.41, 5.74) is 0.624. The van der Waals surface area contributed by atoms with Crippen LogP contribution in [-0.4, -0.2) is 16.0 Å². The summed E-state index contributed by atoms with van der Waals surface area (Å²) in [6.45, 7) is 0. The minimum Gasteiger partial charge on any atom is -0.346 e. The minimum absolute atomic E-state index is 0.293. The normalized spacial score (nSPS) is 18.9. The Morgan fingerprint density at radius 2 is 2.55 bits per heavy atom. The van der Waals surface area contributed by atoms with Gasteiger partial charge in [0.15, 0.2) is 0 Å². The molecule has 4 heteroatoms. The summed E-state index contributed by atoms with van der Waals surface area (Å²) in [5.74, 6) is 0. The Bertz CT molecular complexity index is 293. The van der Waals surface area contributed by atoms with Crippen LogP contribution in [-0.2, 0) is 10.3 Å². The second-order valence-corrected chi connectivity index (χ2v) is 2.70. The number of aromatic nitrogens is 2. The van der Waals surface area contributed by atoms with Crippen molar-refractivity contribution in [3.63, 3.8) is 0 Å². The first-order valence-corrected chi connectivity index (χ1v) is 3.45. The number of nitrogens with zero attached hydrogens (tertiary/aromatic N) is 2. The number of aromatic amines is 1. The first kappa shape index (κ1) is 6.31. The Balaban J connectivity index is 2.35. The van der Waals surface area contributed by atoms with Crippen molar-refractivity contribution in [3.8, 4) is 0 Å². The minimum atomic E-state index is -0.293. The van der Waals surface area contributed by atoms with Crippen molar-refractivity contribution >= 4 is 6.08 Å². The van der Waals surface area contributed by atoms with E-state index in [9.17, 15) is 4.79 Å². The molecule has 0 saturated heterocycles.